The standard InChI is InChI=1S/C22H23N5/c1-2-4-20-18(3-1)22(27-26-20)21-12-17-11-16(5-6-19(17)25-21)14-24-13-15-7-9-23-10-8-15/h5-12,24-25H,1-4,13-14H2,(H,26,27). The van der Waals surface area contributed by atoms with Crippen molar-refractivity contribution >= 4 is 10.9 Å². The summed E-state index contributed by atoms with van der Waals surface area (Å²) in [6.45, 7) is 1.69. The Morgan fingerprint density at radius 2 is 1.78 bits per heavy atom. The van der Waals surface area contributed by atoms with Crippen LogP contribution in [0, 0.1) is 0 Å². The number of hydrogen-bond acceptors (Lipinski definition) is 3. The van der Waals surface area contributed by atoms with Crippen LogP contribution in [0.3, 0.4) is 0 Å². The lowest BCUT2D eigenvalue weighted by Crippen LogP contribution is -2.12. The number of aromatic nitrogens is 4. The average molecular weight is 357 g/mol. The quantitative estimate of drug-likeness (QED) is 0.503. The fourth-order valence-corrected chi connectivity index (χ4v) is 3.98. The molecule has 0 unspecified atom stereocenters. The van der Waals surface area contributed by atoms with E-state index in [1.165, 1.54) is 40.6 Å². The minimum absolute atomic E-state index is 0.844. The van der Waals surface area contributed by atoms with Gasteiger partial charge in [0.25, 0.3) is 0 Å². The van der Waals surface area contributed by atoms with Crippen molar-refractivity contribution in [2.75, 3.05) is 0 Å². The number of hydrogen-bond donors (Lipinski definition) is 3. The van der Waals surface area contributed by atoms with Crippen LogP contribution in [-0.2, 0) is 25.9 Å². The molecule has 3 aromatic heterocycles. The van der Waals surface area contributed by atoms with Crippen molar-refractivity contribution in [1.29, 1.82) is 0 Å². The van der Waals surface area contributed by atoms with E-state index >= 15 is 0 Å². The first-order valence-corrected chi connectivity index (χ1v) is 9.64. The van der Waals surface area contributed by atoms with E-state index in [1.807, 2.05) is 24.5 Å². The summed E-state index contributed by atoms with van der Waals surface area (Å²) < 4.78 is 0. The predicted octanol–water partition coefficient (Wildman–Crippen LogP) is 4.12. The number of H-pyrrole nitrogens is 2. The summed E-state index contributed by atoms with van der Waals surface area (Å²) in [5, 5.41) is 12.6. The maximum absolute atomic E-state index is 4.60. The highest BCUT2D eigenvalue weighted by molar-refractivity contribution is 5.86. The van der Waals surface area contributed by atoms with E-state index in [2.05, 4.69) is 49.7 Å². The van der Waals surface area contributed by atoms with Gasteiger partial charge in [-0.2, -0.15) is 5.10 Å². The summed E-state index contributed by atoms with van der Waals surface area (Å²) in [7, 11) is 0. The number of aromatic amines is 2. The molecule has 1 aromatic carbocycles. The molecule has 0 amide bonds. The fourth-order valence-electron chi connectivity index (χ4n) is 3.98. The van der Waals surface area contributed by atoms with E-state index in [4.69, 9.17) is 0 Å². The molecule has 5 rings (SSSR count). The van der Waals surface area contributed by atoms with Crippen molar-refractivity contribution in [3.05, 3.63) is 71.2 Å². The number of fused-ring (bicyclic) bond motifs is 2. The number of nitrogens with zero attached hydrogens (tertiary/aromatic N) is 2. The van der Waals surface area contributed by atoms with Gasteiger partial charge in [0.05, 0.1) is 5.69 Å². The summed E-state index contributed by atoms with van der Waals surface area (Å²) in [6, 6.07) is 12.9. The molecule has 1 aliphatic rings. The first-order chi connectivity index (χ1) is 13.4. The third kappa shape index (κ3) is 3.26. The molecule has 0 fully saturated rings. The Hall–Kier alpha value is -2.92. The second-order valence-electron chi connectivity index (χ2n) is 7.30. The first-order valence-electron chi connectivity index (χ1n) is 9.64. The molecule has 0 radical (unpaired) electrons. The molecule has 0 saturated heterocycles. The number of benzene rings is 1. The van der Waals surface area contributed by atoms with Crippen LogP contribution in [0.1, 0.15) is 35.2 Å². The van der Waals surface area contributed by atoms with Crippen molar-refractivity contribution in [3.63, 3.8) is 0 Å². The Kier molecular flexibility index (Phi) is 4.22. The van der Waals surface area contributed by atoms with E-state index in [9.17, 15) is 0 Å². The van der Waals surface area contributed by atoms with Gasteiger partial charge >= 0.3 is 0 Å². The average Bonchev–Trinajstić information content (AvgIpc) is 3.32. The highest BCUT2D eigenvalue weighted by atomic mass is 15.1. The van der Waals surface area contributed by atoms with Crippen LogP contribution in [0.2, 0.25) is 0 Å². The molecule has 0 atom stereocenters. The van der Waals surface area contributed by atoms with Gasteiger partial charge in [0.15, 0.2) is 0 Å². The molecule has 0 spiro atoms. The smallest absolute Gasteiger partial charge is 0.112 e. The minimum Gasteiger partial charge on any atom is -0.353 e. The molecule has 4 aromatic rings. The van der Waals surface area contributed by atoms with Crippen molar-refractivity contribution in [1.82, 2.24) is 25.5 Å². The highest BCUT2D eigenvalue weighted by Crippen LogP contribution is 2.31. The van der Waals surface area contributed by atoms with Crippen LogP contribution in [0.25, 0.3) is 22.3 Å². The zero-order valence-corrected chi connectivity index (χ0v) is 15.3. The highest BCUT2D eigenvalue weighted by Gasteiger charge is 2.19. The van der Waals surface area contributed by atoms with Crippen molar-refractivity contribution in [2.45, 2.75) is 38.8 Å². The van der Waals surface area contributed by atoms with Crippen molar-refractivity contribution < 1.29 is 0 Å². The topological polar surface area (TPSA) is 69.4 Å². The number of nitrogens with one attached hydrogen (secondary N) is 3. The van der Waals surface area contributed by atoms with Crippen molar-refractivity contribution in [2.24, 2.45) is 0 Å². The van der Waals surface area contributed by atoms with Gasteiger partial charge in [-0.15, -0.1) is 0 Å². The van der Waals surface area contributed by atoms with Gasteiger partial charge in [0.2, 0.25) is 0 Å². The molecule has 5 heteroatoms. The Morgan fingerprint density at radius 1 is 0.926 bits per heavy atom. The van der Waals surface area contributed by atoms with E-state index in [0.717, 1.165) is 42.8 Å². The van der Waals surface area contributed by atoms with Crippen LogP contribution >= 0.6 is 0 Å². The van der Waals surface area contributed by atoms with Gasteiger partial charge in [-0.25, -0.2) is 0 Å². The summed E-state index contributed by atoms with van der Waals surface area (Å²) >= 11 is 0. The van der Waals surface area contributed by atoms with Gasteiger partial charge in [-0.1, -0.05) is 6.07 Å². The SMILES string of the molecule is c1cc(CNCc2ccc3[nH]c(-c4n[nH]c5c4CCCC5)cc3c2)ccn1. The molecule has 0 saturated carbocycles. The lowest BCUT2D eigenvalue weighted by Gasteiger charge is -2.10. The lowest BCUT2D eigenvalue weighted by atomic mass is 9.95. The second-order valence-corrected chi connectivity index (χ2v) is 7.30. The molecular formula is C22H23N5. The molecular weight excluding hydrogens is 334 g/mol. The third-order valence-electron chi connectivity index (χ3n) is 5.40. The van der Waals surface area contributed by atoms with Crippen LogP contribution in [0.5, 0.6) is 0 Å². The van der Waals surface area contributed by atoms with E-state index < -0.39 is 0 Å². The van der Waals surface area contributed by atoms with Crippen LogP contribution in [-0.4, -0.2) is 20.2 Å². The molecule has 3 N–H and O–H groups in total. The van der Waals surface area contributed by atoms with E-state index in [-0.39, 0.29) is 0 Å². The first kappa shape index (κ1) is 16.3. The molecule has 136 valence electrons. The van der Waals surface area contributed by atoms with Gasteiger partial charge in [0, 0.05) is 47.6 Å². The summed E-state index contributed by atoms with van der Waals surface area (Å²) in [6.07, 6.45) is 8.43. The lowest BCUT2D eigenvalue weighted by molar-refractivity contribution is 0.675. The normalized spacial score (nSPS) is 13.8. The Bertz CT molecular complexity index is 1060. The van der Waals surface area contributed by atoms with Crippen LogP contribution < -0.4 is 5.32 Å². The molecule has 27 heavy (non-hydrogen) atoms. The molecule has 0 aliphatic heterocycles. The maximum atomic E-state index is 4.60. The van der Waals surface area contributed by atoms with E-state index in [0.29, 0.717) is 0 Å². The zero-order chi connectivity index (χ0) is 18.1. The van der Waals surface area contributed by atoms with Crippen LogP contribution in [0.4, 0.5) is 0 Å². The molecule has 1 aliphatic carbocycles. The fraction of sp³-hybridized carbons (Fsp3) is 0.273. The summed E-state index contributed by atoms with van der Waals surface area (Å²) in [4.78, 5) is 7.60. The maximum Gasteiger partial charge on any atom is 0.112 e. The number of rotatable bonds is 5. The van der Waals surface area contributed by atoms with Crippen molar-refractivity contribution in [3.8, 4) is 11.4 Å². The van der Waals surface area contributed by atoms with Gasteiger partial charge in [-0.05, 0) is 67.1 Å². The Labute approximate surface area is 158 Å². The van der Waals surface area contributed by atoms with Gasteiger partial charge in [0.1, 0.15) is 5.69 Å². The van der Waals surface area contributed by atoms with E-state index in [1.54, 1.807) is 0 Å². The summed E-state index contributed by atoms with van der Waals surface area (Å²) in [5.74, 6) is 0. The van der Waals surface area contributed by atoms with Crippen LogP contribution in [0.15, 0.2) is 48.8 Å². The zero-order valence-electron chi connectivity index (χ0n) is 15.3. The summed E-state index contributed by atoms with van der Waals surface area (Å²) in [5.41, 5.74) is 8.62. The number of pyridine rings is 1. The van der Waals surface area contributed by atoms with Gasteiger partial charge in [-0.3, -0.25) is 10.1 Å². The largest absolute Gasteiger partial charge is 0.353 e. The molecule has 3 heterocycles. The monoisotopic (exact) mass is 357 g/mol. The predicted molar refractivity (Wildman–Crippen MR) is 107 cm³/mol. The second kappa shape index (κ2) is 7.00. The third-order valence-corrected chi connectivity index (χ3v) is 5.40. The number of aryl methyl sites for hydroxylation is 1. The minimum atomic E-state index is 0.844. The molecule has 0 bridgehead atoms. The Morgan fingerprint density at radius 3 is 2.70 bits per heavy atom. The van der Waals surface area contributed by atoms with Gasteiger partial charge < -0.3 is 10.3 Å². The Balaban J connectivity index is 1.35. The molecule has 5 nitrogen and oxygen atoms in total.